The first-order valence-electron chi connectivity index (χ1n) is 9.25. The summed E-state index contributed by atoms with van der Waals surface area (Å²) in [7, 11) is 0. The number of hydrogen-bond donors (Lipinski definition) is 4. The molecule has 2 aromatic rings. The number of carboxylic acid groups (broad SMARTS) is 1. The molecule has 0 saturated heterocycles. The van der Waals surface area contributed by atoms with Crippen LogP contribution in [0, 0.1) is 0 Å². The highest BCUT2D eigenvalue weighted by molar-refractivity contribution is 5.91. The summed E-state index contributed by atoms with van der Waals surface area (Å²) in [6.45, 7) is 1.39. The number of aryl methyl sites for hydroxylation is 1. The Kier molecular flexibility index (Phi) is 8.03. The summed E-state index contributed by atoms with van der Waals surface area (Å²) in [5, 5.41) is 17.5. The van der Waals surface area contributed by atoms with Crippen LogP contribution in [0.15, 0.2) is 34.9 Å². The molecule has 0 aliphatic carbocycles. The maximum absolute atomic E-state index is 12.3. The van der Waals surface area contributed by atoms with E-state index in [1.165, 1.54) is 6.92 Å². The van der Waals surface area contributed by atoms with Gasteiger partial charge in [0.25, 0.3) is 5.89 Å². The Labute approximate surface area is 172 Å². The number of primary amides is 1. The summed E-state index contributed by atoms with van der Waals surface area (Å²) in [5.74, 6) is -2.42. The van der Waals surface area contributed by atoms with Gasteiger partial charge in [-0.2, -0.15) is 4.98 Å². The lowest BCUT2D eigenvalue weighted by molar-refractivity contribution is -0.138. The molecule has 0 radical (unpaired) electrons. The number of carboxylic acids is 1. The molecule has 11 nitrogen and oxygen atoms in total. The third kappa shape index (κ3) is 7.00. The molecule has 0 aliphatic heterocycles. The minimum atomic E-state index is -1.12. The molecule has 1 unspecified atom stereocenters. The van der Waals surface area contributed by atoms with E-state index in [1.54, 1.807) is 0 Å². The maximum Gasteiger partial charge on any atom is 0.303 e. The highest BCUT2D eigenvalue weighted by atomic mass is 16.5. The molecule has 160 valence electrons. The number of benzene rings is 1. The van der Waals surface area contributed by atoms with Gasteiger partial charge in [-0.25, -0.2) is 0 Å². The lowest BCUT2D eigenvalue weighted by Crippen LogP contribution is -2.52. The molecule has 0 spiro atoms. The van der Waals surface area contributed by atoms with E-state index >= 15 is 0 Å². The van der Waals surface area contributed by atoms with E-state index in [9.17, 15) is 19.2 Å². The van der Waals surface area contributed by atoms with Crippen molar-refractivity contribution in [2.24, 2.45) is 5.73 Å². The lowest BCUT2D eigenvalue weighted by Gasteiger charge is -2.19. The molecule has 30 heavy (non-hydrogen) atoms. The number of nitrogens with zero attached hydrogens (tertiary/aromatic N) is 2. The van der Waals surface area contributed by atoms with Gasteiger partial charge in [0.15, 0.2) is 5.82 Å². The lowest BCUT2D eigenvalue weighted by atomic mass is 10.1. The van der Waals surface area contributed by atoms with Gasteiger partial charge in [-0.3, -0.25) is 19.2 Å². The van der Waals surface area contributed by atoms with Crippen LogP contribution >= 0.6 is 0 Å². The third-order valence-corrected chi connectivity index (χ3v) is 4.15. The van der Waals surface area contributed by atoms with Gasteiger partial charge in [0, 0.05) is 24.8 Å². The fourth-order valence-electron chi connectivity index (χ4n) is 2.47. The van der Waals surface area contributed by atoms with Crippen molar-refractivity contribution >= 4 is 23.7 Å². The number of nitrogens with two attached hydrogens (primary N) is 1. The summed E-state index contributed by atoms with van der Waals surface area (Å²) < 4.78 is 5.17. The standard InChI is InChI=1S/C19H23N5O6/c1-11(17(20)28)21-18(29)13(7-10-16(26)27)22-15(25)9-8-14-23-19(30-24-14)12-5-3-2-4-6-12/h2-6,11,13H,7-10H2,1H3,(H2,20,28)(H,21,29)(H,22,25)(H,26,27)/t11-,13?/m0/s1. The second-order valence-electron chi connectivity index (χ2n) is 6.57. The van der Waals surface area contributed by atoms with Crippen molar-refractivity contribution in [3.8, 4) is 11.5 Å². The molecule has 1 aromatic heterocycles. The van der Waals surface area contributed by atoms with Gasteiger partial charge in [0.1, 0.15) is 12.1 Å². The van der Waals surface area contributed by atoms with Crippen LogP contribution in [-0.4, -0.2) is 51.0 Å². The number of aromatic nitrogens is 2. The zero-order valence-electron chi connectivity index (χ0n) is 16.3. The number of amides is 3. The Bertz CT molecular complexity index is 898. The highest BCUT2D eigenvalue weighted by Crippen LogP contribution is 2.16. The molecule has 0 fully saturated rings. The zero-order chi connectivity index (χ0) is 22.1. The molecule has 2 atom stereocenters. The fourth-order valence-corrected chi connectivity index (χ4v) is 2.47. The first-order chi connectivity index (χ1) is 14.3. The molecular formula is C19H23N5O6. The smallest absolute Gasteiger partial charge is 0.303 e. The monoisotopic (exact) mass is 417 g/mol. The quantitative estimate of drug-likeness (QED) is 0.395. The van der Waals surface area contributed by atoms with Crippen LogP contribution in [-0.2, 0) is 25.6 Å². The van der Waals surface area contributed by atoms with E-state index in [0.29, 0.717) is 11.7 Å². The van der Waals surface area contributed by atoms with E-state index < -0.39 is 35.8 Å². The van der Waals surface area contributed by atoms with Crippen LogP contribution in [0.4, 0.5) is 0 Å². The van der Waals surface area contributed by atoms with E-state index in [4.69, 9.17) is 15.4 Å². The van der Waals surface area contributed by atoms with Gasteiger partial charge in [-0.15, -0.1) is 0 Å². The largest absolute Gasteiger partial charge is 0.481 e. The van der Waals surface area contributed by atoms with Gasteiger partial charge < -0.3 is 26.0 Å². The van der Waals surface area contributed by atoms with Crippen LogP contribution in [0.25, 0.3) is 11.5 Å². The van der Waals surface area contributed by atoms with E-state index in [2.05, 4.69) is 20.8 Å². The number of carbonyl (C=O) groups is 4. The van der Waals surface area contributed by atoms with Crippen molar-refractivity contribution in [3.05, 3.63) is 36.2 Å². The van der Waals surface area contributed by atoms with Crippen molar-refractivity contribution in [1.82, 2.24) is 20.8 Å². The summed E-state index contributed by atoms with van der Waals surface area (Å²) >= 11 is 0. The van der Waals surface area contributed by atoms with Gasteiger partial charge in [0.2, 0.25) is 17.7 Å². The van der Waals surface area contributed by atoms with Crippen molar-refractivity contribution in [2.45, 2.75) is 44.7 Å². The zero-order valence-corrected chi connectivity index (χ0v) is 16.3. The Morgan fingerprint density at radius 3 is 2.47 bits per heavy atom. The van der Waals surface area contributed by atoms with Gasteiger partial charge in [0.05, 0.1) is 0 Å². The average Bonchev–Trinajstić information content (AvgIpc) is 3.19. The van der Waals surface area contributed by atoms with Crippen molar-refractivity contribution < 1.29 is 28.8 Å². The number of aliphatic carboxylic acids is 1. The van der Waals surface area contributed by atoms with E-state index in [0.717, 1.165) is 5.56 Å². The Morgan fingerprint density at radius 2 is 1.83 bits per heavy atom. The summed E-state index contributed by atoms with van der Waals surface area (Å²) in [4.78, 5) is 50.7. The normalized spacial score (nSPS) is 12.6. The first-order valence-corrected chi connectivity index (χ1v) is 9.25. The Hall–Kier alpha value is -3.76. The van der Waals surface area contributed by atoms with Crippen molar-refractivity contribution in [2.75, 3.05) is 0 Å². The number of hydrogen-bond acceptors (Lipinski definition) is 7. The topological polar surface area (TPSA) is 178 Å². The number of carbonyl (C=O) groups excluding carboxylic acids is 3. The molecule has 5 N–H and O–H groups in total. The minimum Gasteiger partial charge on any atom is -0.481 e. The second-order valence-corrected chi connectivity index (χ2v) is 6.57. The average molecular weight is 417 g/mol. The van der Waals surface area contributed by atoms with Crippen molar-refractivity contribution in [3.63, 3.8) is 0 Å². The number of rotatable bonds is 11. The summed E-state index contributed by atoms with van der Waals surface area (Å²) in [5.41, 5.74) is 5.85. The summed E-state index contributed by atoms with van der Waals surface area (Å²) in [6.07, 6.45) is -0.365. The van der Waals surface area contributed by atoms with Crippen LogP contribution < -0.4 is 16.4 Å². The second kappa shape index (κ2) is 10.7. The Balaban J connectivity index is 1.93. The SMILES string of the molecule is C[C@H](NC(=O)C(CCC(=O)O)NC(=O)CCc1noc(-c2ccccc2)n1)C(N)=O. The predicted octanol–water partition coefficient (Wildman–Crippen LogP) is 0.00880. The van der Waals surface area contributed by atoms with Crippen LogP contribution in [0.5, 0.6) is 0 Å². The third-order valence-electron chi connectivity index (χ3n) is 4.15. The predicted molar refractivity (Wildman–Crippen MR) is 104 cm³/mol. The van der Waals surface area contributed by atoms with Gasteiger partial charge in [-0.05, 0) is 25.5 Å². The first kappa shape index (κ1) is 22.5. The van der Waals surface area contributed by atoms with Crippen LogP contribution in [0.3, 0.4) is 0 Å². The molecule has 0 saturated carbocycles. The molecule has 3 amide bonds. The molecule has 2 rings (SSSR count). The van der Waals surface area contributed by atoms with Gasteiger partial charge >= 0.3 is 5.97 Å². The highest BCUT2D eigenvalue weighted by Gasteiger charge is 2.24. The fraction of sp³-hybridized carbons (Fsp3) is 0.368. The minimum absolute atomic E-state index is 0.0456. The van der Waals surface area contributed by atoms with Crippen molar-refractivity contribution in [1.29, 1.82) is 0 Å². The van der Waals surface area contributed by atoms with Crippen LogP contribution in [0.2, 0.25) is 0 Å². The molecule has 1 aromatic carbocycles. The molecule has 0 bridgehead atoms. The molecule has 11 heteroatoms. The number of nitrogens with one attached hydrogen (secondary N) is 2. The van der Waals surface area contributed by atoms with E-state index in [-0.39, 0.29) is 25.7 Å². The van der Waals surface area contributed by atoms with E-state index in [1.807, 2.05) is 30.3 Å². The molecule has 0 aliphatic rings. The molecule has 1 heterocycles. The van der Waals surface area contributed by atoms with Crippen LogP contribution in [0.1, 0.15) is 32.0 Å². The van der Waals surface area contributed by atoms with Gasteiger partial charge in [-0.1, -0.05) is 23.4 Å². The molecular weight excluding hydrogens is 394 g/mol. The maximum atomic E-state index is 12.3. The summed E-state index contributed by atoms with van der Waals surface area (Å²) in [6, 6.07) is 7.04. The Morgan fingerprint density at radius 1 is 1.13 bits per heavy atom.